The molecule has 0 spiro atoms. The summed E-state index contributed by atoms with van der Waals surface area (Å²) in [4.78, 5) is 10.5. The van der Waals surface area contributed by atoms with Gasteiger partial charge in [0.2, 0.25) is 0 Å². The number of aldehydes is 1. The molecule has 0 bridgehead atoms. The normalized spacial score (nSPS) is 10.4. The SMILES string of the molecule is Cc1cc(-c2ccc(C=O)c(F)c2)c(F)cc1F. The Balaban J connectivity index is 2.58. The Morgan fingerprint density at radius 2 is 1.67 bits per heavy atom. The van der Waals surface area contributed by atoms with E-state index in [0.717, 1.165) is 12.1 Å². The molecule has 18 heavy (non-hydrogen) atoms. The Hall–Kier alpha value is -2.10. The van der Waals surface area contributed by atoms with E-state index in [2.05, 4.69) is 0 Å². The van der Waals surface area contributed by atoms with Crippen LogP contribution in [0.25, 0.3) is 11.1 Å². The van der Waals surface area contributed by atoms with E-state index in [1.54, 1.807) is 0 Å². The van der Waals surface area contributed by atoms with Gasteiger partial charge >= 0.3 is 0 Å². The fraction of sp³-hybridized carbons (Fsp3) is 0.0714. The summed E-state index contributed by atoms with van der Waals surface area (Å²) < 4.78 is 40.1. The van der Waals surface area contributed by atoms with Crippen molar-refractivity contribution >= 4 is 6.29 Å². The maximum atomic E-state index is 13.6. The monoisotopic (exact) mass is 250 g/mol. The van der Waals surface area contributed by atoms with Crippen molar-refractivity contribution in [2.45, 2.75) is 6.92 Å². The van der Waals surface area contributed by atoms with Gasteiger partial charge in [-0.15, -0.1) is 0 Å². The van der Waals surface area contributed by atoms with Crippen LogP contribution < -0.4 is 0 Å². The van der Waals surface area contributed by atoms with E-state index in [0.29, 0.717) is 6.29 Å². The van der Waals surface area contributed by atoms with Crippen LogP contribution in [0, 0.1) is 24.4 Å². The van der Waals surface area contributed by atoms with Gasteiger partial charge in [-0.1, -0.05) is 6.07 Å². The highest BCUT2D eigenvalue weighted by molar-refractivity contribution is 5.77. The molecule has 0 fully saturated rings. The summed E-state index contributed by atoms with van der Waals surface area (Å²) >= 11 is 0. The molecule has 1 nitrogen and oxygen atoms in total. The van der Waals surface area contributed by atoms with Gasteiger partial charge in [0.05, 0.1) is 5.56 Å². The second-order valence-corrected chi connectivity index (χ2v) is 3.94. The highest BCUT2D eigenvalue weighted by Crippen LogP contribution is 2.26. The van der Waals surface area contributed by atoms with Crippen molar-refractivity contribution in [3.05, 3.63) is 58.9 Å². The van der Waals surface area contributed by atoms with Crippen LogP contribution in [0.3, 0.4) is 0 Å². The Kier molecular flexibility index (Phi) is 3.19. The summed E-state index contributed by atoms with van der Waals surface area (Å²) in [6.45, 7) is 1.49. The number of aryl methyl sites for hydroxylation is 1. The molecule has 2 aromatic carbocycles. The molecular formula is C14H9F3O. The molecule has 0 aromatic heterocycles. The van der Waals surface area contributed by atoms with Gasteiger partial charge in [-0.2, -0.15) is 0 Å². The highest BCUT2D eigenvalue weighted by Gasteiger charge is 2.11. The van der Waals surface area contributed by atoms with Crippen molar-refractivity contribution in [3.8, 4) is 11.1 Å². The number of hydrogen-bond acceptors (Lipinski definition) is 1. The van der Waals surface area contributed by atoms with Crippen molar-refractivity contribution in [1.82, 2.24) is 0 Å². The summed E-state index contributed by atoms with van der Waals surface area (Å²) in [5.74, 6) is -2.15. The number of carbonyl (C=O) groups excluding carboxylic acids is 1. The van der Waals surface area contributed by atoms with E-state index < -0.39 is 17.5 Å². The Bertz CT molecular complexity index is 621. The van der Waals surface area contributed by atoms with Crippen LogP contribution in [0.15, 0.2) is 30.3 Å². The van der Waals surface area contributed by atoms with E-state index in [9.17, 15) is 18.0 Å². The third kappa shape index (κ3) is 2.14. The highest BCUT2D eigenvalue weighted by atomic mass is 19.1. The van der Waals surface area contributed by atoms with Gasteiger partial charge in [0.25, 0.3) is 0 Å². The molecule has 0 aliphatic rings. The zero-order valence-corrected chi connectivity index (χ0v) is 9.51. The van der Waals surface area contributed by atoms with Gasteiger partial charge < -0.3 is 0 Å². The lowest BCUT2D eigenvalue weighted by Crippen LogP contribution is -1.93. The van der Waals surface area contributed by atoms with Crippen LogP contribution in [0.2, 0.25) is 0 Å². The lowest BCUT2D eigenvalue weighted by atomic mass is 10.0. The number of carbonyl (C=O) groups is 1. The molecular weight excluding hydrogens is 241 g/mol. The zero-order valence-electron chi connectivity index (χ0n) is 9.51. The maximum Gasteiger partial charge on any atom is 0.152 e. The Morgan fingerprint density at radius 3 is 2.28 bits per heavy atom. The summed E-state index contributed by atoms with van der Waals surface area (Å²) in [5.41, 5.74) is 0.535. The van der Waals surface area contributed by atoms with Gasteiger partial charge in [-0.05, 0) is 36.2 Å². The van der Waals surface area contributed by atoms with Crippen LogP contribution in [0.1, 0.15) is 15.9 Å². The minimum Gasteiger partial charge on any atom is -0.298 e. The maximum absolute atomic E-state index is 13.6. The molecule has 0 atom stereocenters. The molecule has 0 amide bonds. The first-order valence-electron chi connectivity index (χ1n) is 5.23. The first-order valence-corrected chi connectivity index (χ1v) is 5.23. The molecule has 4 heteroatoms. The summed E-state index contributed by atoms with van der Waals surface area (Å²) in [7, 11) is 0. The van der Waals surface area contributed by atoms with Crippen molar-refractivity contribution in [3.63, 3.8) is 0 Å². The van der Waals surface area contributed by atoms with E-state index in [4.69, 9.17) is 0 Å². The lowest BCUT2D eigenvalue weighted by Gasteiger charge is -2.07. The molecule has 0 unspecified atom stereocenters. The minimum absolute atomic E-state index is 0.0991. The second-order valence-electron chi connectivity index (χ2n) is 3.94. The topological polar surface area (TPSA) is 17.1 Å². The number of halogens is 3. The fourth-order valence-electron chi connectivity index (χ4n) is 1.67. The number of hydrogen-bond donors (Lipinski definition) is 0. The Morgan fingerprint density at radius 1 is 0.944 bits per heavy atom. The number of benzene rings is 2. The van der Waals surface area contributed by atoms with Crippen LogP contribution in [-0.2, 0) is 0 Å². The first-order chi connectivity index (χ1) is 8.52. The summed E-state index contributed by atoms with van der Waals surface area (Å²) in [6, 6.07) is 5.80. The van der Waals surface area contributed by atoms with Crippen molar-refractivity contribution in [2.24, 2.45) is 0 Å². The molecule has 92 valence electrons. The first kappa shape index (κ1) is 12.4. The van der Waals surface area contributed by atoms with Crippen molar-refractivity contribution in [2.75, 3.05) is 0 Å². The number of rotatable bonds is 2. The molecule has 0 heterocycles. The molecule has 0 aliphatic carbocycles. The molecule has 0 saturated carbocycles. The predicted octanol–water partition coefficient (Wildman–Crippen LogP) is 3.89. The predicted molar refractivity (Wildman–Crippen MR) is 61.9 cm³/mol. The van der Waals surface area contributed by atoms with Gasteiger partial charge in [-0.3, -0.25) is 4.79 Å². The third-order valence-corrected chi connectivity index (χ3v) is 2.69. The van der Waals surface area contributed by atoms with Crippen LogP contribution in [0.5, 0.6) is 0 Å². The van der Waals surface area contributed by atoms with Crippen LogP contribution in [0.4, 0.5) is 13.2 Å². The summed E-state index contributed by atoms with van der Waals surface area (Å²) in [6.07, 6.45) is 0.380. The van der Waals surface area contributed by atoms with E-state index >= 15 is 0 Å². The zero-order chi connectivity index (χ0) is 13.3. The van der Waals surface area contributed by atoms with Gasteiger partial charge in [0.15, 0.2) is 6.29 Å². The van der Waals surface area contributed by atoms with Crippen molar-refractivity contribution < 1.29 is 18.0 Å². The minimum atomic E-state index is -0.767. The van der Waals surface area contributed by atoms with Gasteiger partial charge in [0.1, 0.15) is 17.5 Å². The molecule has 0 radical (unpaired) electrons. The quantitative estimate of drug-likeness (QED) is 0.739. The fourth-order valence-corrected chi connectivity index (χ4v) is 1.67. The van der Waals surface area contributed by atoms with Gasteiger partial charge in [-0.25, -0.2) is 13.2 Å². The Labute approximate surface area is 102 Å². The van der Waals surface area contributed by atoms with E-state index in [1.165, 1.54) is 25.1 Å². The van der Waals surface area contributed by atoms with Crippen LogP contribution in [-0.4, -0.2) is 6.29 Å². The largest absolute Gasteiger partial charge is 0.298 e. The molecule has 0 aliphatic heterocycles. The molecule has 0 N–H and O–H groups in total. The van der Waals surface area contributed by atoms with Gasteiger partial charge in [0, 0.05) is 11.6 Å². The second kappa shape index (κ2) is 4.64. The third-order valence-electron chi connectivity index (χ3n) is 2.69. The van der Waals surface area contributed by atoms with Crippen LogP contribution >= 0.6 is 0 Å². The summed E-state index contributed by atoms with van der Waals surface area (Å²) in [5, 5.41) is 0. The smallest absolute Gasteiger partial charge is 0.152 e. The molecule has 2 aromatic rings. The molecule has 0 saturated heterocycles. The average Bonchev–Trinajstić information content (AvgIpc) is 2.33. The van der Waals surface area contributed by atoms with E-state index in [1.807, 2.05) is 0 Å². The molecule has 2 rings (SSSR count). The van der Waals surface area contributed by atoms with Crippen molar-refractivity contribution in [1.29, 1.82) is 0 Å². The standard InChI is InChI=1S/C14H9F3O/c1-8-4-11(14(17)6-12(8)15)9-2-3-10(7-18)13(16)5-9/h2-7H,1H3. The average molecular weight is 250 g/mol. The lowest BCUT2D eigenvalue weighted by molar-refractivity contribution is 0.112. The van der Waals surface area contributed by atoms with E-state index in [-0.39, 0.29) is 22.3 Å².